The Balaban J connectivity index is 3.15. The molecule has 6 heteroatoms. The van der Waals surface area contributed by atoms with Crippen LogP contribution in [-0.4, -0.2) is 49.8 Å². The molecule has 106 valence electrons. The number of nitrogens with two attached hydrogens (primary N) is 1. The zero-order chi connectivity index (χ0) is 14.4. The molecule has 0 saturated carbocycles. The van der Waals surface area contributed by atoms with Crippen LogP contribution in [0.15, 0.2) is 12.1 Å². The van der Waals surface area contributed by atoms with Crippen LogP contribution in [0.5, 0.6) is 11.5 Å². The van der Waals surface area contributed by atoms with Crippen molar-refractivity contribution in [2.75, 3.05) is 39.6 Å². The molecule has 3 N–H and O–H groups in total. The van der Waals surface area contributed by atoms with E-state index in [0.29, 0.717) is 29.3 Å². The summed E-state index contributed by atoms with van der Waals surface area (Å²) < 4.78 is 10.3. The van der Waals surface area contributed by atoms with Crippen LogP contribution in [0.4, 0.5) is 5.69 Å². The van der Waals surface area contributed by atoms with Gasteiger partial charge in [-0.05, 0) is 13.0 Å². The van der Waals surface area contributed by atoms with Gasteiger partial charge in [-0.2, -0.15) is 0 Å². The van der Waals surface area contributed by atoms with E-state index >= 15 is 0 Å². The number of carbonyl (C=O) groups is 1. The standard InChI is InChI=1S/C13H20N2O4/c1-4-15(5-6-16)13(17)9-7-11(18-2)12(19-3)8-10(9)14/h7-8,16H,4-6,14H2,1-3H3. The Morgan fingerprint density at radius 3 is 2.37 bits per heavy atom. The molecular formula is C13H20N2O4. The van der Waals surface area contributed by atoms with Crippen LogP contribution in [-0.2, 0) is 0 Å². The number of aliphatic hydroxyl groups is 1. The molecule has 0 aromatic heterocycles. The summed E-state index contributed by atoms with van der Waals surface area (Å²) in [5, 5.41) is 8.95. The number of carbonyl (C=O) groups excluding carboxylic acids is 1. The Bertz CT molecular complexity index is 449. The summed E-state index contributed by atoms with van der Waals surface area (Å²) >= 11 is 0. The lowest BCUT2D eigenvalue weighted by Gasteiger charge is -2.21. The summed E-state index contributed by atoms with van der Waals surface area (Å²) in [4.78, 5) is 13.8. The molecule has 0 atom stereocenters. The molecule has 0 aliphatic rings. The lowest BCUT2D eigenvalue weighted by Crippen LogP contribution is -2.33. The van der Waals surface area contributed by atoms with E-state index in [1.54, 1.807) is 12.1 Å². The predicted molar refractivity (Wildman–Crippen MR) is 72.6 cm³/mol. The first-order chi connectivity index (χ1) is 9.08. The number of ether oxygens (including phenoxy) is 2. The van der Waals surface area contributed by atoms with E-state index in [-0.39, 0.29) is 19.1 Å². The third-order valence-electron chi connectivity index (χ3n) is 2.82. The van der Waals surface area contributed by atoms with Gasteiger partial charge in [-0.25, -0.2) is 0 Å². The Hall–Kier alpha value is -1.95. The molecule has 0 heterocycles. The number of benzene rings is 1. The number of likely N-dealkylation sites (N-methyl/N-ethyl adjacent to an activating group) is 1. The van der Waals surface area contributed by atoms with Crippen LogP contribution < -0.4 is 15.2 Å². The minimum atomic E-state index is -0.241. The molecule has 0 aliphatic carbocycles. The van der Waals surface area contributed by atoms with Crippen LogP contribution in [0, 0.1) is 0 Å². The van der Waals surface area contributed by atoms with Crippen LogP contribution in [0.3, 0.4) is 0 Å². The normalized spacial score (nSPS) is 10.1. The van der Waals surface area contributed by atoms with Crippen molar-refractivity contribution in [3.8, 4) is 11.5 Å². The lowest BCUT2D eigenvalue weighted by molar-refractivity contribution is 0.0732. The molecule has 0 radical (unpaired) electrons. The van der Waals surface area contributed by atoms with Gasteiger partial charge in [0.15, 0.2) is 11.5 Å². The monoisotopic (exact) mass is 268 g/mol. The van der Waals surface area contributed by atoms with Crippen molar-refractivity contribution in [2.45, 2.75) is 6.92 Å². The van der Waals surface area contributed by atoms with E-state index < -0.39 is 0 Å². The first-order valence-corrected chi connectivity index (χ1v) is 6.00. The molecule has 1 aromatic rings. The minimum Gasteiger partial charge on any atom is -0.493 e. The fourth-order valence-electron chi connectivity index (χ4n) is 1.77. The minimum absolute atomic E-state index is 0.0905. The number of aliphatic hydroxyl groups excluding tert-OH is 1. The molecule has 19 heavy (non-hydrogen) atoms. The summed E-state index contributed by atoms with van der Waals surface area (Å²) in [5.74, 6) is 0.678. The van der Waals surface area contributed by atoms with Crippen molar-refractivity contribution in [3.63, 3.8) is 0 Å². The Morgan fingerprint density at radius 1 is 1.32 bits per heavy atom. The van der Waals surface area contributed by atoms with Crippen molar-refractivity contribution in [1.82, 2.24) is 4.90 Å². The fraction of sp³-hybridized carbons (Fsp3) is 0.462. The zero-order valence-corrected chi connectivity index (χ0v) is 11.5. The molecule has 0 unspecified atom stereocenters. The Morgan fingerprint density at radius 2 is 1.89 bits per heavy atom. The maximum atomic E-state index is 12.3. The van der Waals surface area contributed by atoms with Crippen LogP contribution in [0.1, 0.15) is 17.3 Å². The van der Waals surface area contributed by atoms with Crippen molar-refractivity contribution in [1.29, 1.82) is 0 Å². The molecule has 0 bridgehead atoms. The van der Waals surface area contributed by atoms with Gasteiger partial charge in [0.05, 0.1) is 26.4 Å². The van der Waals surface area contributed by atoms with Gasteiger partial charge in [0.1, 0.15) is 0 Å². The number of nitrogens with zero attached hydrogens (tertiary/aromatic N) is 1. The van der Waals surface area contributed by atoms with Crippen LogP contribution >= 0.6 is 0 Å². The van der Waals surface area contributed by atoms with Gasteiger partial charge in [0.2, 0.25) is 0 Å². The first kappa shape index (κ1) is 15.1. The van der Waals surface area contributed by atoms with E-state index in [4.69, 9.17) is 20.3 Å². The van der Waals surface area contributed by atoms with Gasteiger partial charge in [-0.1, -0.05) is 0 Å². The largest absolute Gasteiger partial charge is 0.493 e. The molecule has 0 spiro atoms. The summed E-state index contributed by atoms with van der Waals surface area (Å²) in [6, 6.07) is 3.11. The predicted octanol–water partition coefficient (Wildman–Crippen LogP) is 0.740. The maximum Gasteiger partial charge on any atom is 0.256 e. The summed E-state index contributed by atoms with van der Waals surface area (Å²) in [6.45, 7) is 2.51. The van der Waals surface area contributed by atoms with Gasteiger partial charge >= 0.3 is 0 Å². The van der Waals surface area contributed by atoms with Gasteiger partial charge in [0.25, 0.3) is 5.91 Å². The smallest absolute Gasteiger partial charge is 0.256 e. The third kappa shape index (κ3) is 3.29. The van der Waals surface area contributed by atoms with E-state index in [1.807, 2.05) is 6.92 Å². The van der Waals surface area contributed by atoms with Crippen molar-refractivity contribution < 1.29 is 19.4 Å². The zero-order valence-electron chi connectivity index (χ0n) is 11.5. The second-order valence-electron chi connectivity index (χ2n) is 3.90. The van der Waals surface area contributed by atoms with E-state index in [2.05, 4.69) is 0 Å². The van der Waals surface area contributed by atoms with Crippen LogP contribution in [0.2, 0.25) is 0 Å². The maximum absolute atomic E-state index is 12.3. The lowest BCUT2D eigenvalue weighted by atomic mass is 10.1. The van der Waals surface area contributed by atoms with Gasteiger partial charge in [-0.15, -0.1) is 0 Å². The second-order valence-corrected chi connectivity index (χ2v) is 3.90. The van der Waals surface area contributed by atoms with E-state index in [1.165, 1.54) is 19.1 Å². The summed E-state index contributed by atoms with van der Waals surface area (Å²) in [6.07, 6.45) is 0. The average molecular weight is 268 g/mol. The van der Waals surface area contributed by atoms with Crippen LogP contribution in [0.25, 0.3) is 0 Å². The summed E-state index contributed by atoms with van der Waals surface area (Å²) in [7, 11) is 3.00. The highest BCUT2D eigenvalue weighted by atomic mass is 16.5. The van der Waals surface area contributed by atoms with Crippen molar-refractivity contribution in [2.24, 2.45) is 0 Å². The van der Waals surface area contributed by atoms with Crippen molar-refractivity contribution >= 4 is 11.6 Å². The molecular weight excluding hydrogens is 248 g/mol. The summed E-state index contributed by atoms with van der Waals surface area (Å²) in [5.41, 5.74) is 6.52. The average Bonchev–Trinajstić information content (AvgIpc) is 2.43. The Kier molecular flexibility index (Phi) is 5.44. The molecule has 0 saturated heterocycles. The van der Waals surface area contributed by atoms with Gasteiger partial charge in [-0.3, -0.25) is 4.79 Å². The number of amides is 1. The number of anilines is 1. The highest BCUT2D eigenvalue weighted by Gasteiger charge is 2.19. The quantitative estimate of drug-likeness (QED) is 0.743. The number of hydrogen-bond donors (Lipinski definition) is 2. The molecule has 0 aliphatic heterocycles. The van der Waals surface area contributed by atoms with Gasteiger partial charge < -0.3 is 25.2 Å². The number of rotatable bonds is 6. The Labute approximate surface area is 112 Å². The highest BCUT2D eigenvalue weighted by molar-refractivity contribution is 6.00. The topological polar surface area (TPSA) is 85.0 Å². The van der Waals surface area contributed by atoms with E-state index in [9.17, 15) is 4.79 Å². The fourth-order valence-corrected chi connectivity index (χ4v) is 1.77. The number of hydrogen-bond acceptors (Lipinski definition) is 5. The molecule has 1 amide bonds. The number of nitrogen functional groups attached to an aromatic ring is 1. The van der Waals surface area contributed by atoms with Gasteiger partial charge in [0, 0.05) is 24.8 Å². The highest BCUT2D eigenvalue weighted by Crippen LogP contribution is 2.32. The first-order valence-electron chi connectivity index (χ1n) is 6.00. The van der Waals surface area contributed by atoms with Crippen molar-refractivity contribution in [3.05, 3.63) is 17.7 Å². The van der Waals surface area contributed by atoms with E-state index in [0.717, 1.165) is 0 Å². The third-order valence-corrected chi connectivity index (χ3v) is 2.82. The second kappa shape index (κ2) is 6.84. The molecule has 1 aromatic carbocycles. The number of methoxy groups -OCH3 is 2. The molecule has 6 nitrogen and oxygen atoms in total. The molecule has 1 rings (SSSR count). The SMILES string of the molecule is CCN(CCO)C(=O)c1cc(OC)c(OC)cc1N. The molecule has 0 fully saturated rings.